The summed E-state index contributed by atoms with van der Waals surface area (Å²) in [5.74, 6) is 0.796. The van der Waals surface area contributed by atoms with Crippen LogP contribution in [0.1, 0.15) is 36.8 Å². The number of aromatic hydroxyl groups is 1. The maximum absolute atomic E-state index is 12.4. The molecule has 21 heavy (non-hydrogen) atoms. The highest BCUT2D eigenvalue weighted by atomic mass is 16.3. The summed E-state index contributed by atoms with van der Waals surface area (Å²) < 4.78 is 0. The smallest absolute Gasteiger partial charge is 0.143 e. The number of hydrogen-bond donors (Lipinski definition) is 1. The Morgan fingerprint density at radius 1 is 1.29 bits per heavy atom. The Morgan fingerprint density at radius 2 is 2.10 bits per heavy atom. The van der Waals surface area contributed by atoms with Gasteiger partial charge in [-0.25, -0.2) is 0 Å². The highest BCUT2D eigenvalue weighted by Gasteiger charge is 2.51. The van der Waals surface area contributed by atoms with E-state index in [1.54, 1.807) is 12.1 Å². The molecule has 2 nitrogen and oxygen atoms in total. The second-order valence-electron chi connectivity index (χ2n) is 6.65. The molecule has 0 bridgehead atoms. The van der Waals surface area contributed by atoms with E-state index in [1.165, 1.54) is 16.5 Å². The summed E-state index contributed by atoms with van der Waals surface area (Å²) in [6, 6.07) is 9.72. The lowest BCUT2D eigenvalue weighted by molar-refractivity contribution is -0.126. The number of phenols is 1. The standard InChI is InChI=1S/C19H18O2/c1-11-9-17(21)19(2)8-7-15-14-6-4-13(20)10-12(14)3-5-16(15)18(11)19/h3-6,10,18,20H,1,7-9H2,2H3/t18-,19+/m0/s1. The summed E-state index contributed by atoms with van der Waals surface area (Å²) >= 11 is 0. The molecule has 2 aliphatic carbocycles. The van der Waals surface area contributed by atoms with Gasteiger partial charge in [0.2, 0.25) is 0 Å². The first-order valence-electron chi connectivity index (χ1n) is 7.46. The van der Waals surface area contributed by atoms with Gasteiger partial charge in [0, 0.05) is 17.8 Å². The first kappa shape index (κ1) is 12.6. The number of fused-ring (bicyclic) bond motifs is 5. The molecule has 0 aromatic heterocycles. The number of carbonyl (C=O) groups excluding carboxylic acids is 1. The number of carbonyl (C=O) groups is 1. The van der Waals surface area contributed by atoms with Crippen LogP contribution in [-0.4, -0.2) is 10.9 Å². The third-order valence-corrected chi connectivity index (χ3v) is 5.43. The van der Waals surface area contributed by atoms with E-state index in [1.807, 2.05) is 6.07 Å². The average Bonchev–Trinajstić information content (AvgIpc) is 2.68. The van der Waals surface area contributed by atoms with Crippen LogP contribution in [0, 0.1) is 5.41 Å². The second-order valence-corrected chi connectivity index (χ2v) is 6.65. The zero-order valence-corrected chi connectivity index (χ0v) is 12.1. The Balaban J connectivity index is 1.99. The van der Waals surface area contributed by atoms with Gasteiger partial charge in [0.15, 0.2) is 0 Å². The van der Waals surface area contributed by atoms with Crippen molar-refractivity contribution >= 4 is 16.6 Å². The van der Waals surface area contributed by atoms with Gasteiger partial charge in [-0.1, -0.05) is 37.3 Å². The van der Waals surface area contributed by atoms with Crippen molar-refractivity contribution in [1.82, 2.24) is 0 Å². The molecule has 1 saturated carbocycles. The molecule has 2 aliphatic rings. The van der Waals surface area contributed by atoms with Crippen LogP contribution in [0.15, 0.2) is 42.5 Å². The Kier molecular flexibility index (Phi) is 2.39. The van der Waals surface area contributed by atoms with Gasteiger partial charge in [-0.05, 0) is 46.9 Å². The van der Waals surface area contributed by atoms with Gasteiger partial charge < -0.3 is 5.11 Å². The molecular weight excluding hydrogens is 260 g/mol. The van der Waals surface area contributed by atoms with Crippen LogP contribution in [0.2, 0.25) is 0 Å². The molecule has 2 aromatic rings. The SMILES string of the molecule is C=C1CC(=O)[C@@]2(C)CCc3c(ccc4cc(O)ccc34)[C@H]12. The number of benzene rings is 2. The molecule has 4 rings (SSSR count). The predicted octanol–water partition coefficient (Wildman–Crippen LogP) is 4.11. The molecule has 106 valence electrons. The lowest BCUT2D eigenvalue weighted by Gasteiger charge is -2.37. The third-order valence-electron chi connectivity index (χ3n) is 5.43. The zero-order valence-electron chi connectivity index (χ0n) is 12.1. The van der Waals surface area contributed by atoms with E-state index in [4.69, 9.17) is 0 Å². The van der Waals surface area contributed by atoms with Crippen molar-refractivity contribution in [1.29, 1.82) is 0 Å². The molecule has 1 fully saturated rings. The van der Waals surface area contributed by atoms with Gasteiger partial charge >= 0.3 is 0 Å². The fourth-order valence-corrected chi connectivity index (χ4v) is 4.30. The van der Waals surface area contributed by atoms with E-state index >= 15 is 0 Å². The van der Waals surface area contributed by atoms with Crippen LogP contribution in [0.4, 0.5) is 0 Å². The summed E-state index contributed by atoms with van der Waals surface area (Å²) in [5, 5.41) is 11.9. The molecule has 0 heterocycles. The molecule has 0 saturated heterocycles. The van der Waals surface area contributed by atoms with Gasteiger partial charge in [-0.3, -0.25) is 4.79 Å². The van der Waals surface area contributed by atoms with E-state index in [-0.39, 0.29) is 11.3 Å². The van der Waals surface area contributed by atoms with Gasteiger partial charge in [-0.15, -0.1) is 0 Å². The topological polar surface area (TPSA) is 37.3 Å². The van der Waals surface area contributed by atoms with E-state index in [2.05, 4.69) is 25.6 Å². The van der Waals surface area contributed by atoms with Crippen molar-refractivity contribution in [3.63, 3.8) is 0 Å². The van der Waals surface area contributed by atoms with Crippen LogP contribution in [0.3, 0.4) is 0 Å². The lowest BCUT2D eigenvalue weighted by atomic mass is 9.65. The Morgan fingerprint density at radius 3 is 2.90 bits per heavy atom. The van der Waals surface area contributed by atoms with Crippen molar-refractivity contribution < 1.29 is 9.90 Å². The largest absolute Gasteiger partial charge is 0.508 e. The minimum Gasteiger partial charge on any atom is -0.508 e. The summed E-state index contributed by atoms with van der Waals surface area (Å²) in [4.78, 5) is 12.4. The van der Waals surface area contributed by atoms with Crippen LogP contribution in [0.5, 0.6) is 5.75 Å². The molecule has 2 atom stereocenters. The molecule has 0 amide bonds. The number of rotatable bonds is 0. The molecule has 1 N–H and O–H groups in total. The number of allylic oxidation sites excluding steroid dienone is 1. The van der Waals surface area contributed by atoms with Crippen LogP contribution in [-0.2, 0) is 11.2 Å². The van der Waals surface area contributed by atoms with Gasteiger partial charge in [-0.2, -0.15) is 0 Å². The quantitative estimate of drug-likeness (QED) is 0.736. The highest BCUT2D eigenvalue weighted by molar-refractivity contribution is 5.95. The van der Waals surface area contributed by atoms with Crippen molar-refractivity contribution in [3.8, 4) is 5.75 Å². The molecule has 0 aliphatic heterocycles. The summed E-state index contributed by atoms with van der Waals surface area (Å²) in [6.45, 7) is 6.27. The summed E-state index contributed by atoms with van der Waals surface area (Å²) in [7, 11) is 0. The number of hydrogen-bond acceptors (Lipinski definition) is 2. The van der Waals surface area contributed by atoms with Crippen LogP contribution < -0.4 is 0 Å². The Bertz CT molecular complexity index is 803. The number of aryl methyl sites for hydroxylation is 1. The predicted molar refractivity (Wildman–Crippen MR) is 83.5 cm³/mol. The molecule has 0 unspecified atom stereocenters. The van der Waals surface area contributed by atoms with Crippen molar-refractivity contribution in [2.45, 2.75) is 32.1 Å². The van der Waals surface area contributed by atoms with E-state index in [9.17, 15) is 9.90 Å². The fourth-order valence-electron chi connectivity index (χ4n) is 4.30. The third kappa shape index (κ3) is 1.56. The first-order valence-corrected chi connectivity index (χ1v) is 7.46. The monoisotopic (exact) mass is 278 g/mol. The van der Waals surface area contributed by atoms with Crippen molar-refractivity contribution in [2.75, 3.05) is 0 Å². The molecule has 2 aromatic carbocycles. The molecule has 2 heteroatoms. The van der Waals surface area contributed by atoms with E-state index < -0.39 is 0 Å². The molecule has 0 radical (unpaired) electrons. The Labute approximate surface area is 124 Å². The van der Waals surface area contributed by atoms with E-state index in [0.717, 1.165) is 23.8 Å². The molecule has 0 spiro atoms. The van der Waals surface area contributed by atoms with Crippen LogP contribution >= 0.6 is 0 Å². The van der Waals surface area contributed by atoms with E-state index in [0.29, 0.717) is 18.0 Å². The number of Topliss-reactive ketones (excluding diaryl/α,β-unsaturated/α-hetero) is 1. The summed E-state index contributed by atoms with van der Waals surface area (Å²) in [5.41, 5.74) is 3.37. The van der Waals surface area contributed by atoms with Crippen LogP contribution in [0.25, 0.3) is 10.8 Å². The normalized spacial score (nSPS) is 27.8. The minimum absolute atomic E-state index is 0.159. The van der Waals surface area contributed by atoms with Gasteiger partial charge in [0.1, 0.15) is 11.5 Å². The molecular formula is C19H18O2. The zero-order chi connectivity index (χ0) is 14.8. The van der Waals surface area contributed by atoms with Gasteiger partial charge in [0.05, 0.1) is 0 Å². The number of ketones is 1. The highest BCUT2D eigenvalue weighted by Crippen LogP contribution is 2.56. The van der Waals surface area contributed by atoms with Crippen molar-refractivity contribution in [3.05, 3.63) is 53.6 Å². The maximum Gasteiger partial charge on any atom is 0.143 e. The lowest BCUT2D eigenvalue weighted by Crippen LogP contribution is -2.32. The first-order chi connectivity index (χ1) is 10.0. The fraction of sp³-hybridized carbons (Fsp3) is 0.316. The average molecular weight is 278 g/mol. The van der Waals surface area contributed by atoms with Gasteiger partial charge in [0.25, 0.3) is 0 Å². The maximum atomic E-state index is 12.4. The minimum atomic E-state index is -0.269. The Hall–Kier alpha value is -2.09. The second kappa shape index (κ2) is 3.97. The van der Waals surface area contributed by atoms with Crippen molar-refractivity contribution in [2.24, 2.45) is 5.41 Å². The summed E-state index contributed by atoms with van der Waals surface area (Å²) in [6.07, 6.45) is 2.33. The number of phenolic OH excluding ortho intramolecular Hbond substituents is 1.